The number of nitrogens with zero attached hydrogens (tertiary/aromatic N) is 1. The van der Waals surface area contributed by atoms with E-state index in [1.54, 1.807) is 16.3 Å². The fourth-order valence-electron chi connectivity index (χ4n) is 2.20. The molecule has 0 amide bonds. The zero-order valence-electron chi connectivity index (χ0n) is 8.93. The lowest BCUT2D eigenvalue weighted by atomic mass is 10.2. The molecule has 1 aromatic carbocycles. The van der Waals surface area contributed by atoms with Crippen LogP contribution in [0.25, 0.3) is 10.9 Å². The summed E-state index contributed by atoms with van der Waals surface area (Å²) in [5.74, 6) is 1.36. The Morgan fingerprint density at radius 2 is 2.19 bits per heavy atom. The molecule has 0 aliphatic carbocycles. The van der Waals surface area contributed by atoms with E-state index in [4.69, 9.17) is 0 Å². The van der Waals surface area contributed by atoms with E-state index in [0.29, 0.717) is 0 Å². The molecule has 2 aromatic rings. The van der Waals surface area contributed by atoms with E-state index in [2.05, 4.69) is 0 Å². The van der Waals surface area contributed by atoms with Crippen molar-refractivity contribution in [3.63, 3.8) is 0 Å². The molecule has 0 saturated carbocycles. The number of thioether (sulfide) groups is 1. The van der Waals surface area contributed by atoms with Gasteiger partial charge in [-0.05, 0) is 30.7 Å². The summed E-state index contributed by atoms with van der Waals surface area (Å²) in [4.78, 5) is 12.3. The standard InChI is InChI=1S/C13H13NOS/c15-13(12-6-3-9-16-12)14-8-7-10-4-1-2-5-11(10)14/h1-2,4-5,7-8,12H,3,6,9H2. The fraction of sp³-hybridized carbons (Fsp3) is 0.308. The largest absolute Gasteiger partial charge is 0.286 e. The molecule has 0 bridgehead atoms. The van der Waals surface area contributed by atoms with Gasteiger partial charge in [-0.15, -0.1) is 11.8 Å². The highest BCUT2D eigenvalue weighted by Crippen LogP contribution is 2.28. The molecule has 2 nitrogen and oxygen atoms in total. The van der Waals surface area contributed by atoms with Crippen LogP contribution >= 0.6 is 11.8 Å². The van der Waals surface area contributed by atoms with Gasteiger partial charge < -0.3 is 0 Å². The van der Waals surface area contributed by atoms with Crippen molar-refractivity contribution in [1.29, 1.82) is 0 Å². The third kappa shape index (κ3) is 1.55. The number of hydrogen-bond donors (Lipinski definition) is 0. The first-order valence-corrected chi connectivity index (χ1v) is 6.63. The lowest BCUT2D eigenvalue weighted by Crippen LogP contribution is -2.20. The second-order valence-electron chi connectivity index (χ2n) is 4.08. The summed E-state index contributed by atoms with van der Waals surface area (Å²) in [5, 5.41) is 1.30. The van der Waals surface area contributed by atoms with Crippen molar-refractivity contribution in [2.75, 3.05) is 5.75 Å². The Morgan fingerprint density at radius 1 is 1.31 bits per heavy atom. The maximum atomic E-state index is 12.3. The lowest BCUT2D eigenvalue weighted by molar-refractivity contribution is 0.0914. The van der Waals surface area contributed by atoms with Crippen molar-refractivity contribution < 1.29 is 4.79 Å². The molecule has 1 aliphatic heterocycles. The molecule has 0 spiro atoms. The Labute approximate surface area is 98.6 Å². The van der Waals surface area contributed by atoms with Gasteiger partial charge in [-0.1, -0.05) is 18.2 Å². The van der Waals surface area contributed by atoms with Crippen molar-refractivity contribution in [3.8, 4) is 0 Å². The van der Waals surface area contributed by atoms with Crippen LogP contribution in [0.3, 0.4) is 0 Å². The van der Waals surface area contributed by atoms with E-state index < -0.39 is 0 Å². The Balaban J connectivity index is 2.02. The molecule has 1 atom stereocenters. The van der Waals surface area contributed by atoms with Crippen LogP contribution in [0.1, 0.15) is 17.6 Å². The number of aromatic nitrogens is 1. The molecule has 1 unspecified atom stereocenters. The molecule has 0 N–H and O–H groups in total. The zero-order valence-corrected chi connectivity index (χ0v) is 9.74. The first-order valence-electron chi connectivity index (χ1n) is 5.58. The predicted octanol–water partition coefficient (Wildman–Crippen LogP) is 3.18. The number of fused-ring (bicyclic) bond motifs is 1. The smallest absolute Gasteiger partial charge is 0.244 e. The van der Waals surface area contributed by atoms with Gasteiger partial charge >= 0.3 is 0 Å². The monoisotopic (exact) mass is 231 g/mol. The molecule has 3 heteroatoms. The Kier molecular flexibility index (Phi) is 2.48. The van der Waals surface area contributed by atoms with Crippen LogP contribution in [0, 0.1) is 0 Å². The quantitative estimate of drug-likeness (QED) is 0.752. The van der Waals surface area contributed by atoms with E-state index in [1.807, 2.05) is 36.5 Å². The van der Waals surface area contributed by atoms with Crippen LogP contribution in [0.2, 0.25) is 0 Å². The summed E-state index contributed by atoms with van der Waals surface area (Å²) in [5.41, 5.74) is 1.03. The molecular weight excluding hydrogens is 218 g/mol. The first kappa shape index (κ1) is 9.97. The maximum absolute atomic E-state index is 12.3. The summed E-state index contributed by atoms with van der Waals surface area (Å²) < 4.78 is 1.80. The molecule has 1 aromatic heterocycles. The second kappa shape index (κ2) is 3.98. The van der Waals surface area contributed by atoms with Crippen LogP contribution in [0.5, 0.6) is 0 Å². The molecule has 16 heavy (non-hydrogen) atoms. The molecule has 1 saturated heterocycles. The Hall–Kier alpha value is -1.22. The van der Waals surface area contributed by atoms with Gasteiger partial charge in [0.1, 0.15) is 0 Å². The first-order chi connectivity index (χ1) is 7.86. The average molecular weight is 231 g/mol. The van der Waals surface area contributed by atoms with E-state index in [0.717, 1.165) is 23.1 Å². The van der Waals surface area contributed by atoms with Crippen molar-refractivity contribution in [2.24, 2.45) is 0 Å². The summed E-state index contributed by atoms with van der Waals surface area (Å²) in [6, 6.07) is 10.0. The van der Waals surface area contributed by atoms with Crippen molar-refractivity contribution in [3.05, 3.63) is 36.5 Å². The number of carbonyl (C=O) groups is 1. The molecule has 3 rings (SSSR count). The highest BCUT2D eigenvalue weighted by atomic mass is 32.2. The molecule has 1 fully saturated rings. The topological polar surface area (TPSA) is 22.0 Å². The highest BCUT2D eigenvalue weighted by molar-refractivity contribution is 8.00. The van der Waals surface area contributed by atoms with E-state index in [-0.39, 0.29) is 11.2 Å². The van der Waals surface area contributed by atoms with Crippen LogP contribution in [0.15, 0.2) is 36.5 Å². The number of para-hydroxylation sites is 1. The molecule has 1 aliphatic rings. The van der Waals surface area contributed by atoms with Crippen LogP contribution in [-0.2, 0) is 0 Å². The minimum Gasteiger partial charge on any atom is -0.286 e. The summed E-state index contributed by atoms with van der Waals surface area (Å²) >= 11 is 1.79. The normalized spacial score (nSPS) is 20.4. The molecule has 0 radical (unpaired) electrons. The van der Waals surface area contributed by atoms with E-state index in [9.17, 15) is 4.79 Å². The van der Waals surface area contributed by atoms with Gasteiger partial charge in [0.25, 0.3) is 0 Å². The van der Waals surface area contributed by atoms with Gasteiger partial charge in [-0.25, -0.2) is 0 Å². The van der Waals surface area contributed by atoms with Gasteiger partial charge in [0.05, 0.1) is 10.8 Å². The summed E-state index contributed by atoms with van der Waals surface area (Å²) in [6.07, 6.45) is 4.09. The third-order valence-corrected chi connectivity index (χ3v) is 4.41. The summed E-state index contributed by atoms with van der Waals surface area (Å²) in [7, 11) is 0. The van der Waals surface area contributed by atoms with Crippen LogP contribution in [-0.4, -0.2) is 21.5 Å². The highest BCUT2D eigenvalue weighted by Gasteiger charge is 2.25. The Morgan fingerprint density at radius 3 is 3.00 bits per heavy atom. The van der Waals surface area contributed by atoms with Crippen molar-refractivity contribution >= 4 is 28.6 Å². The average Bonchev–Trinajstić information content (AvgIpc) is 2.98. The molecular formula is C13H13NOS. The summed E-state index contributed by atoms with van der Waals surface area (Å²) in [6.45, 7) is 0. The minimum absolute atomic E-state index is 0.163. The van der Waals surface area contributed by atoms with Crippen LogP contribution < -0.4 is 0 Å². The maximum Gasteiger partial charge on any atom is 0.244 e. The third-order valence-electron chi connectivity index (χ3n) is 3.04. The van der Waals surface area contributed by atoms with Gasteiger partial charge in [0.2, 0.25) is 5.91 Å². The van der Waals surface area contributed by atoms with Gasteiger partial charge in [0.15, 0.2) is 0 Å². The van der Waals surface area contributed by atoms with Crippen LogP contribution in [0.4, 0.5) is 0 Å². The number of hydrogen-bond acceptors (Lipinski definition) is 2. The Bertz CT molecular complexity index is 525. The van der Waals surface area contributed by atoms with Gasteiger partial charge in [-0.2, -0.15) is 0 Å². The molecule has 2 heterocycles. The van der Waals surface area contributed by atoms with Gasteiger partial charge in [-0.3, -0.25) is 9.36 Å². The predicted molar refractivity (Wildman–Crippen MR) is 68.0 cm³/mol. The van der Waals surface area contributed by atoms with Crippen molar-refractivity contribution in [1.82, 2.24) is 4.57 Å². The van der Waals surface area contributed by atoms with Gasteiger partial charge in [0, 0.05) is 11.6 Å². The minimum atomic E-state index is 0.163. The second-order valence-corrected chi connectivity index (χ2v) is 5.40. The van der Waals surface area contributed by atoms with E-state index in [1.165, 1.54) is 6.42 Å². The fourth-order valence-corrected chi connectivity index (χ4v) is 3.41. The number of benzene rings is 1. The van der Waals surface area contributed by atoms with Crippen molar-refractivity contribution in [2.45, 2.75) is 18.1 Å². The lowest BCUT2D eigenvalue weighted by Gasteiger charge is -2.09. The zero-order chi connectivity index (χ0) is 11.0. The number of carbonyl (C=O) groups excluding carboxylic acids is 1. The SMILES string of the molecule is O=C(C1CCCS1)n1ccc2ccccc21. The number of rotatable bonds is 1. The van der Waals surface area contributed by atoms with E-state index >= 15 is 0 Å². The molecule has 82 valence electrons.